The van der Waals surface area contributed by atoms with Gasteiger partial charge in [-0.1, -0.05) is 17.7 Å². The summed E-state index contributed by atoms with van der Waals surface area (Å²) in [5.41, 5.74) is 5.82. The molecule has 4 nitrogen and oxygen atoms in total. The van der Waals surface area contributed by atoms with Gasteiger partial charge in [0.2, 0.25) is 5.95 Å². The molecule has 0 radical (unpaired) electrons. The van der Waals surface area contributed by atoms with Gasteiger partial charge in [-0.3, -0.25) is 0 Å². The molecule has 0 saturated carbocycles. The zero-order valence-electron chi connectivity index (χ0n) is 10.6. The van der Waals surface area contributed by atoms with E-state index in [1.807, 2.05) is 6.20 Å². The molecule has 0 atom stereocenters. The van der Waals surface area contributed by atoms with Crippen LogP contribution in [0.1, 0.15) is 22.4 Å². The van der Waals surface area contributed by atoms with Crippen molar-refractivity contribution < 1.29 is 0 Å². The van der Waals surface area contributed by atoms with E-state index in [-0.39, 0.29) is 0 Å². The fourth-order valence-electron chi connectivity index (χ4n) is 2.19. The van der Waals surface area contributed by atoms with Crippen molar-refractivity contribution in [2.24, 2.45) is 0 Å². The van der Waals surface area contributed by atoms with Crippen LogP contribution in [0.15, 0.2) is 24.4 Å². The normalized spacial score (nSPS) is 13.4. The predicted molar refractivity (Wildman–Crippen MR) is 71.8 cm³/mol. The number of hydrogen-bond donors (Lipinski definition) is 2. The summed E-state index contributed by atoms with van der Waals surface area (Å²) in [6.45, 7) is 5.89. The average Bonchev–Trinajstić information content (AvgIpc) is 2.80. The highest BCUT2D eigenvalue weighted by Gasteiger charge is 2.12. The van der Waals surface area contributed by atoms with Gasteiger partial charge in [-0.05, 0) is 25.5 Å². The van der Waals surface area contributed by atoms with E-state index in [1.54, 1.807) is 0 Å². The molecular formula is C14H16N4. The Morgan fingerprint density at radius 3 is 2.94 bits per heavy atom. The second-order valence-corrected chi connectivity index (χ2v) is 4.71. The van der Waals surface area contributed by atoms with E-state index in [0.717, 1.165) is 24.5 Å². The van der Waals surface area contributed by atoms with E-state index in [2.05, 4.69) is 52.6 Å². The average molecular weight is 240 g/mol. The van der Waals surface area contributed by atoms with Crippen LogP contribution in [0, 0.1) is 13.8 Å². The molecule has 1 aliphatic rings. The molecule has 0 bridgehead atoms. The van der Waals surface area contributed by atoms with Crippen LogP contribution >= 0.6 is 0 Å². The quantitative estimate of drug-likeness (QED) is 0.846. The summed E-state index contributed by atoms with van der Waals surface area (Å²) >= 11 is 0. The van der Waals surface area contributed by atoms with Crippen molar-refractivity contribution in [2.75, 3.05) is 5.32 Å². The summed E-state index contributed by atoms with van der Waals surface area (Å²) in [5.74, 6) is 0.671. The summed E-state index contributed by atoms with van der Waals surface area (Å²) in [4.78, 5) is 8.87. The zero-order valence-corrected chi connectivity index (χ0v) is 10.6. The lowest BCUT2D eigenvalue weighted by Crippen LogP contribution is -2.02. The molecule has 2 N–H and O–H groups in total. The molecule has 2 heterocycles. The smallest absolute Gasteiger partial charge is 0.227 e. The molecule has 4 heteroatoms. The summed E-state index contributed by atoms with van der Waals surface area (Å²) in [7, 11) is 0. The molecule has 2 aromatic rings. The van der Waals surface area contributed by atoms with Gasteiger partial charge in [-0.15, -0.1) is 0 Å². The molecular weight excluding hydrogens is 224 g/mol. The first-order valence-electron chi connectivity index (χ1n) is 6.12. The third-order valence-corrected chi connectivity index (χ3v) is 3.19. The molecule has 0 amide bonds. The van der Waals surface area contributed by atoms with Gasteiger partial charge in [-0.25, -0.2) is 9.97 Å². The molecule has 0 fully saturated rings. The fourth-order valence-corrected chi connectivity index (χ4v) is 2.19. The first kappa shape index (κ1) is 11.2. The number of rotatable bonds is 2. The minimum atomic E-state index is 0.671. The van der Waals surface area contributed by atoms with Gasteiger partial charge in [0, 0.05) is 30.5 Å². The summed E-state index contributed by atoms with van der Waals surface area (Å²) < 4.78 is 0. The lowest BCUT2D eigenvalue weighted by Gasteiger charge is -2.09. The Morgan fingerprint density at radius 2 is 2.11 bits per heavy atom. The first-order chi connectivity index (χ1) is 8.72. The van der Waals surface area contributed by atoms with Gasteiger partial charge in [0.25, 0.3) is 0 Å². The lowest BCUT2D eigenvalue weighted by atomic mass is 10.1. The standard InChI is InChI=1S/C14H16N4/c1-9-3-4-12(10(2)5-9)17-14-16-7-11-6-15-8-13(11)18-14/h3-5,7,15H,6,8H2,1-2H3,(H,16,17,18). The molecule has 1 aromatic carbocycles. The Morgan fingerprint density at radius 1 is 1.22 bits per heavy atom. The Balaban J connectivity index is 1.88. The summed E-state index contributed by atoms with van der Waals surface area (Å²) in [5, 5.41) is 6.55. The number of anilines is 2. The number of nitrogens with zero attached hydrogens (tertiary/aromatic N) is 2. The van der Waals surface area contributed by atoms with Gasteiger partial charge in [-0.2, -0.15) is 0 Å². The van der Waals surface area contributed by atoms with Crippen LogP contribution in [0.2, 0.25) is 0 Å². The van der Waals surface area contributed by atoms with E-state index in [4.69, 9.17) is 0 Å². The molecule has 0 saturated heterocycles. The van der Waals surface area contributed by atoms with Crippen LogP contribution in [-0.4, -0.2) is 9.97 Å². The molecule has 0 spiro atoms. The van der Waals surface area contributed by atoms with Crippen LogP contribution in [-0.2, 0) is 13.1 Å². The maximum absolute atomic E-state index is 4.53. The van der Waals surface area contributed by atoms with E-state index in [1.165, 1.54) is 16.7 Å². The topological polar surface area (TPSA) is 49.8 Å². The number of fused-ring (bicyclic) bond motifs is 1. The highest BCUT2D eigenvalue weighted by atomic mass is 15.1. The number of aromatic nitrogens is 2. The maximum atomic E-state index is 4.53. The Bertz CT molecular complexity index is 592. The second-order valence-electron chi connectivity index (χ2n) is 4.71. The number of nitrogens with one attached hydrogen (secondary N) is 2. The molecule has 0 unspecified atom stereocenters. The molecule has 1 aromatic heterocycles. The van der Waals surface area contributed by atoms with Crippen LogP contribution in [0.5, 0.6) is 0 Å². The Kier molecular flexibility index (Phi) is 2.72. The maximum Gasteiger partial charge on any atom is 0.227 e. The van der Waals surface area contributed by atoms with Crippen molar-refractivity contribution in [1.82, 2.24) is 15.3 Å². The van der Waals surface area contributed by atoms with Crippen LogP contribution < -0.4 is 10.6 Å². The number of hydrogen-bond acceptors (Lipinski definition) is 4. The highest BCUT2D eigenvalue weighted by molar-refractivity contribution is 5.59. The molecule has 3 rings (SSSR count). The fraction of sp³-hybridized carbons (Fsp3) is 0.286. The second kappa shape index (κ2) is 4.38. The van der Waals surface area contributed by atoms with Gasteiger partial charge in [0.15, 0.2) is 0 Å². The molecule has 1 aliphatic heterocycles. The lowest BCUT2D eigenvalue weighted by molar-refractivity contribution is 0.758. The molecule has 92 valence electrons. The predicted octanol–water partition coefficient (Wildman–Crippen LogP) is 2.44. The van der Waals surface area contributed by atoms with Crippen molar-refractivity contribution in [1.29, 1.82) is 0 Å². The van der Waals surface area contributed by atoms with Crippen molar-refractivity contribution in [3.8, 4) is 0 Å². The Labute approximate surface area is 106 Å². The van der Waals surface area contributed by atoms with Crippen molar-refractivity contribution in [3.63, 3.8) is 0 Å². The number of aryl methyl sites for hydroxylation is 2. The van der Waals surface area contributed by atoms with E-state index < -0.39 is 0 Å². The summed E-state index contributed by atoms with van der Waals surface area (Å²) in [6, 6.07) is 6.31. The minimum Gasteiger partial charge on any atom is -0.324 e. The SMILES string of the molecule is Cc1ccc(Nc2ncc3c(n2)CNC3)c(C)c1. The third kappa shape index (κ3) is 2.07. The van der Waals surface area contributed by atoms with Crippen molar-refractivity contribution >= 4 is 11.6 Å². The van der Waals surface area contributed by atoms with Gasteiger partial charge in [0.1, 0.15) is 0 Å². The van der Waals surface area contributed by atoms with Gasteiger partial charge >= 0.3 is 0 Å². The Hall–Kier alpha value is -1.94. The zero-order chi connectivity index (χ0) is 12.5. The monoisotopic (exact) mass is 240 g/mol. The van der Waals surface area contributed by atoms with Crippen molar-refractivity contribution in [3.05, 3.63) is 46.8 Å². The largest absolute Gasteiger partial charge is 0.324 e. The van der Waals surface area contributed by atoms with Crippen molar-refractivity contribution in [2.45, 2.75) is 26.9 Å². The van der Waals surface area contributed by atoms with E-state index in [0.29, 0.717) is 5.95 Å². The third-order valence-electron chi connectivity index (χ3n) is 3.19. The number of benzene rings is 1. The van der Waals surface area contributed by atoms with Gasteiger partial charge in [0.05, 0.1) is 5.69 Å². The molecule has 18 heavy (non-hydrogen) atoms. The van der Waals surface area contributed by atoms with Crippen LogP contribution in [0.3, 0.4) is 0 Å². The van der Waals surface area contributed by atoms with Gasteiger partial charge < -0.3 is 10.6 Å². The highest BCUT2D eigenvalue weighted by Crippen LogP contribution is 2.20. The van der Waals surface area contributed by atoms with E-state index >= 15 is 0 Å². The molecule has 0 aliphatic carbocycles. The van der Waals surface area contributed by atoms with E-state index in [9.17, 15) is 0 Å². The van der Waals surface area contributed by atoms with Crippen LogP contribution in [0.4, 0.5) is 11.6 Å². The van der Waals surface area contributed by atoms with Crippen LogP contribution in [0.25, 0.3) is 0 Å². The minimum absolute atomic E-state index is 0.671. The summed E-state index contributed by atoms with van der Waals surface area (Å²) in [6.07, 6.45) is 1.90. The first-order valence-corrected chi connectivity index (χ1v) is 6.12.